The zero-order valence-electron chi connectivity index (χ0n) is 15.3. The summed E-state index contributed by atoms with van der Waals surface area (Å²) in [7, 11) is -16.7. The zero-order chi connectivity index (χ0) is 24.1. The molecule has 22 heteroatoms. The quantitative estimate of drug-likeness (QED) is 0.175. The molecular weight excluding hydrogens is 523 g/mol. The summed E-state index contributed by atoms with van der Waals surface area (Å²) in [6.45, 7) is -0.828. The molecule has 6 atom stereocenters. The van der Waals surface area contributed by atoms with Gasteiger partial charge in [-0.15, -0.1) is 11.8 Å². The van der Waals surface area contributed by atoms with Crippen LogP contribution in [-0.4, -0.2) is 73.4 Å². The number of aromatic amines is 1. The van der Waals surface area contributed by atoms with E-state index in [1.807, 2.05) is 0 Å². The molecular formula is C10H16N5O13P3S. The second kappa shape index (κ2) is 8.88. The maximum atomic E-state index is 11.9. The first-order chi connectivity index (χ1) is 14.6. The van der Waals surface area contributed by atoms with Crippen molar-refractivity contribution in [1.29, 1.82) is 0 Å². The molecule has 1 aliphatic rings. The molecule has 180 valence electrons. The first kappa shape index (κ1) is 25.5. The van der Waals surface area contributed by atoms with Crippen LogP contribution in [-0.2, 0) is 26.8 Å². The number of fused-ring (bicyclic) bond motifs is 1. The summed E-state index contributed by atoms with van der Waals surface area (Å²) >= 11 is 0.810. The molecule has 1 aliphatic heterocycles. The van der Waals surface area contributed by atoms with E-state index in [2.05, 4.69) is 28.1 Å². The van der Waals surface area contributed by atoms with Crippen LogP contribution < -0.4 is 11.3 Å². The molecule has 3 rings (SSSR count). The number of aliphatic hydroxyl groups excluding tert-OH is 2. The molecule has 0 radical (unpaired) electrons. The topological polar surface area (TPSA) is 290 Å². The van der Waals surface area contributed by atoms with Gasteiger partial charge in [-0.3, -0.25) is 18.9 Å². The summed E-state index contributed by atoms with van der Waals surface area (Å²) < 4.78 is 46.7. The molecule has 2 aromatic rings. The smallest absolute Gasteiger partial charge is 0.389 e. The maximum absolute atomic E-state index is 11.9. The number of hydrogen-bond donors (Lipinski definition) is 8. The number of phosphoric ester groups is 1. The molecule has 18 nitrogen and oxygen atoms in total. The highest BCUT2D eigenvalue weighted by Crippen LogP contribution is 2.66. The fraction of sp³-hybridized carbons (Fsp3) is 0.500. The largest absolute Gasteiger partial charge is 0.490 e. The number of rotatable bonds is 8. The van der Waals surface area contributed by atoms with E-state index in [1.165, 1.54) is 4.57 Å². The fourth-order valence-electron chi connectivity index (χ4n) is 2.70. The number of thioether (sulfide) groups is 1. The number of imidazole rings is 1. The minimum absolute atomic E-state index is 0.0106. The Kier molecular flexibility index (Phi) is 7.07. The van der Waals surface area contributed by atoms with E-state index >= 15 is 0 Å². The van der Waals surface area contributed by atoms with Gasteiger partial charge in [-0.1, -0.05) is 0 Å². The molecule has 1 fully saturated rings. The van der Waals surface area contributed by atoms with Crippen LogP contribution >= 0.6 is 35.2 Å². The first-order valence-electron chi connectivity index (χ1n) is 8.11. The van der Waals surface area contributed by atoms with E-state index in [0.717, 1.165) is 18.1 Å². The van der Waals surface area contributed by atoms with Gasteiger partial charge in [0.2, 0.25) is 5.95 Å². The highest BCUT2D eigenvalue weighted by molar-refractivity contribution is 8.00. The molecule has 2 aromatic heterocycles. The Hall–Kier alpha value is -1.17. The predicted octanol–water partition coefficient (Wildman–Crippen LogP) is -1.62. The molecule has 32 heavy (non-hydrogen) atoms. The van der Waals surface area contributed by atoms with Gasteiger partial charge in [0.1, 0.15) is 11.5 Å². The summed E-state index contributed by atoms with van der Waals surface area (Å²) in [5.41, 5.74) is 4.75. The van der Waals surface area contributed by atoms with Crippen molar-refractivity contribution >= 4 is 52.3 Å². The Bertz CT molecular complexity index is 1210. The van der Waals surface area contributed by atoms with Crippen molar-refractivity contribution in [2.24, 2.45) is 0 Å². The number of phosphoric acid groups is 3. The molecule has 9 N–H and O–H groups in total. The van der Waals surface area contributed by atoms with Crippen molar-refractivity contribution in [2.45, 2.75) is 22.8 Å². The Morgan fingerprint density at radius 2 is 1.78 bits per heavy atom. The van der Waals surface area contributed by atoms with Crippen LogP contribution in [0.5, 0.6) is 0 Å². The van der Waals surface area contributed by atoms with Gasteiger partial charge in [-0.25, -0.2) is 18.7 Å². The van der Waals surface area contributed by atoms with Crippen molar-refractivity contribution in [1.82, 2.24) is 19.5 Å². The number of nitrogens with two attached hydrogens (primary N) is 1. The van der Waals surface area contributed by atoms with Crippen LogP contribution in [0.1, 0.15) is 5.37 Å². The van der Waals surface area contributed by atoms with E-state index < -0.39 is 58.5 Å². The Morgan fingerprint density at radius 1 is 1.12 bits per heavy atom. The Balaban J connectivity index is 1.72. The van der Waals surface area contributed by atoms with Crippen LogP contribution in [0.2, 0.25) is 0 Å². The van der Waals surface area contributed by atoms with E-state index in [-0.39, 0.29) is 17.1 Å². The van der Waals surface area contributed by atoms with Crippen LogP contribution in [0.25, 0.3) is 11.2 Å². The summed E-state index contributed by atoms with van der Waals surface area (Å²) in [6, 6.07) is 0. The Labute approximate surface area is 180 Å². The molecule has 3 heterocycles. The average molecular weight is 539 g/mol. The molecule has 0 bridgehead atoms. The third-order valence-corrected chi connectivity index (χ3v) is 9.23. The molecule has 0 saturated carbocycles. The second-order valence-electron chi connectivity index (χ2n) is 6.21. The lowest BCUT2D eigenvalue weighted by Gasteiger charge is -2.19. The molecule has 0 aliphatic carbocycles. The van der Waals surface area contributed by atoms with Crippen LogP contribution in [0.3, 0.4) is 0 Å². The van der Waals surface area contributed by atoms with Gasteiger partial charge in [-0.05, 0) is 0 Å². The second-order valence-corrected chi connectivity index (χ2v) is 12.0. The minimum Gasteiger partial charge on any atom is -0.389 e. The minimum atomic E-state index is -5.70. The average Bonchev–Trinajstić information content (AvgIpc) is 3.12. The lowest BCUT2D eigenvalue weighted by atomic mass is 10.1. The Morgan fingerprint density at radius 3 is 2.41 bits per heavy atom. The SMILES string of the molecule is Nc1nc2c(ncn2[C@H]2S[C@H](COP(=O)(O)OP(=O)(O)OP(=O)(O)O)C(O)C2O)c(=O)[nH]1. The third kappa shape index (κ3) is 5.84. The van der Waals surface area contributed by atoms with Crippen LogP contribution in [0, 0.1) is 0 Å². The lowest BCUT2D eigenvalue weighted by molar-refractivity contribution is 0.0111. The van der Waals surface area contributed by atoms with Crippen molar-refractivity contribution in [2.75, 3.05) is 12.3 Å². The summed E-state index contributed by atoms with van der Waals surface area (Å²) in [5.74, 6) is -0.230. The number of aliphatic hydroxyl groups is 2. The first-order valence-corrected chi connectivity index (χ1v) is 13.6. The molecule has 0 spiro atoms. The molecule has 0 aromatic carbocycles. The van der Waals surface area contributed by atoms with Gasteiger partial charge in [0, 0.05) is 0 Å². The van der Waals surface area contributed by atoms with Crippen LogP contribution in [0.4, 0.5) is 5.95 Å². The van der Waals surface area contributed by atoms with Crippen LogP contribution in [0.15, 0.2) is 11.1 Å². The maximum Gasteiger partial charge on any atom is 0.490 e. The number of nitrogens with one attached hydrogen (secondary N) is 1. The number of hydrogen-bond acceptors (Lipinski definition) is 13. The zero-order valence-corrected chi connectivity index (χ0v) is 18.8. The number of nitrogens with zero attached hydrogens (tertiary/aromatic N) is 3. The lowest BCUT2D eigenvalue weighted by Crippen LogP contribution is -2.33. The van der Waals surface area contributed by atoms with Gasteiger partial charge in [0.25, 0.3) is 5.56 Å². The van der Waals surface area contributed by atoms with Crippen molar-refractivity contribution in [3.8, 4) is 0 Å². The monoisotopic (exact) mass is 539 g/mol. The van der Waals surface area contributed by atoms with Gasteiger partial charge in [-0.2, -0.15) is 13.6 Å². The van der Waals surface area contributed by atoms with E-state index in [0.29, 0.717) is 0 Å². The van der Waals surface area contributed by atoms with Crippen molar-refractivity contribution in [3.05, 3.63) is 16.7 Å². The number of nitrogen functional groups attached to an aromatic ring is 1. The van der Waals surface area contributed by atoms with Gasteiger partial charge >= 0.3 is 23.5 Å². The number of aromatic nitrogens is 4. The number of anilines is 1. The number of H-pyrrole nitrogens is 1. The molecule has 1 saturated heterocycles. The summed E-state index contributed by atoms with van der Waals surface area (Å²) in [4.78, 5) is 57.6. The van der Waals surface area contributed by atoms with E-state index in [1.54, 1.807) is 0 Å². The summed E-state index contributed by atoms with van der Waals surface area (Å²) in [5, 5.41) is 18.5. The normalized spacial score (nSPS) is 27.9. The van der Waals surface area contributed by atoms with Gasteiger partial charge in [0.15, 0.2) is 11.2 Å². The third-order valence-electron chi connectivity index (χ3n) is 3.88. The molecule has 4 unspecified atom stereocenters. The molecule has 0 amide bonds. The predicted molar refractivity (Wildman–Crippen MR) is 105 cm³/mol. The highest BCUT2D eigenvalue weighted by Gasteiger charge is 2.46. The van der Waals surface area contributed by atoms with Gasteiger partial charge in [0.05, 0.1) is 24.3 Å². The summed E-state index contributed by atoms with van der Waals surface area (Å²) in [6.07, 6.45) is -1.91. The van der Waals surface area contributed by atoms with Gasteiger partial charge < -0.3 is 35.5 Å². The highest BCUT2D eigenvalue weighted by atomic mass is 32.2. The van der Waals surface area contributed by atoms with E-state index in [9.17, 15) is 33.6 Å². The standard InChI is InChI=1S/C10H16N5O13P3S/c11-10-13-7-4(8(18)14-10)12-2-15(7)9-6(17)5(16)3(32-9)1-26-30(22,23)28-31(24,25)27-29(19,20)21/h2-3,5-6,9,16-17H,1H2,(H,22,23)(H,24,25)(H2,19,20,21)(H3,11,13,14,18)/t3-,5?,6?,9+/m1/s1. The van der Waals surface area contributed by atoms with Crippen molar-refractivity contribution < 1.29 is 56.6 Å². The van der Waals surface area contributed by atoms with E-state index in [4.69, 9.17) is 20.4 Å². The fourth-order valence-corrected chi connectivity index (χ4v) is 7.28. The van der Waals surface area contributed by atoms with Crippen molar-refractivity contribution in [3.63, 3.8) is 0 Å².